The van der Waals surface area contributed by atoms with Crippen molar-refractivity contribution in [2.45, 2.75) is 117 Å². The van der Waals surface area contributed by atoms with Gasteiger partial charge in [-0.15, -0.1) is 20.3 Å². The van der Waals surface area contributed by atoms with Crippen LogP contribution in [0.25, 0.3) is 0 Å². The Morgan fingerprint density at radius 2 is 0.549 bits per heavy atom. The predicted molar refractivity (Wildman–Crippen MR) is 469 cm³/mol. The Morgan fingerprint density at radius 3 is 0.826 bits per heavy atom. The van der Waals surface area contributed by atoms with Gasteiger partial charge in [0.1, 0.15) is 22.7 Å². The number of nitrogens with one attached hydrogen (secondary N) is 2. The molecule has 144 heavy (non-hydrogen) atoms. The van der Waals surface area contributed by atoms with E-state index < -0.39 is 234 Å². The number of nitrogens with zero attached hydrogens (tertiary/aromatic N) is 16. The highest BCUT2D eigenvalue weighted by Gasteiger charge is 2.46. The van der Waals surface area contributed by atoms with Gasteiger partial charge in [-0.1, -0.05) is 13.8 Å². The fourth-order valence-corrected chi connectivity index (χ4v) is 16.5. The van der Waals surface area contributed by atoms with Crippen LogP contribution >= 0.6 is 0 Å². The minimum Gasteiger partial charge on any atom is -0.350 e. The number of nitro groups is 4. The minimum atomic E-state index is -1.12. The van der Waals surface area contributed by atoms with E-state index in [-0.39, 0.29) is 188 Å². The number of fused-ring (bicyclic) bond motifs is 4. The second kappa shape index (κ2) is 43.1. The van der Waals surface area contributed by atoms with Crippen molar-refractivity contribution in [3.63, 3.8) is 0 Å². The molecule has 0 aromatic heterocycles. The number of amides is 22. The first-order valence-corrected chi connectivity index (χ1v) is 43.8. The number of anilines is 4. The zero-order valence-electron chi connectivity index (χ0n) is 75.4. The van der Waals surface area contributed by atoms with E-state index in [2.05, 4.69) is 10.6 Å². The van der Waals surface area contributed by atoms with E-state index in [1.54, 1.807) is 0 Å². The summed E-state index contributed by atoms with van der Waals surface area (Å²) in [6, 6.07) is 9.31. The Balaban J connectivity index is 0.000000161. The van der Waals surface area contributed by atoms with Crippen molar-refractivity contribution in [1.29, 1.82) is 0 Å². The molecule has 12 aliphatic rings. The molecular formula is C88H78N18O38. The van der Waals surface area contributed by atoms with Crippen LogP contribution in [0.4, 0.5) is 45.5 Å². The molecule has 4 aromatic rings. The molecule has 22 amide bonds. The summed E-state index contributed by atoms with van der Waals surface area (Å²) in [5.41, 5.74) is -1.15. The first-order chi connectivity index (χ1) is 68.3. The average Bonchev–Trinajstić information content (AvgIpc) is 1.62. The molecule has 0 radical (unpaired) electrons. The van der Waals surface area contributed by atoms with Crippen molar-refractivity contribution < 1.29 is 164 Å². The van der Waals surface area contributed by atoms with Crippen LogP contribution in [-0.4, -0.2) is 279 Å². The summed E-state index contributed by atoms with van der Waals surface area (Å²) < 4.78 is 0. The predicted octanol–water partition coefficient (Wildman–Crippen LogP) is -0.416. The van der Waals surface area contributed by atoms with Gasteiger partial charge in [-0.2, -0.15) is 0 Å². The number of rotatable bonds is 30. The molecule has 12 aliphatic heterocycles. The number of hydrogen-bond donors (Lipinski definition) is 2. The number of nitro benzene ring substituents is 4. The quantitative estimate of drug-likeness (QED) is 0.0380. The maximum absolute atomic E-state index is 12.8. The molecule has 56 heteroatoms. The van der Waals surface area contributed by atoms with Crippen molar-refractivity contribution in [1.82, 2.24) is 50.5 Å². The van der Waals surface area contributed by atoms with Crippen molar-refractivity contribution in [2.24, 2.45) is 11.8 Å². The summed E-state index contributed by atoms with van der Waals surface area (Å²) in [6.45, 7) is 2.70. The van der Waals surface area contributed by atoms with Gasteiger partial charge in [0, 0.05) is 225 Å². The van der Waals surface area contributed by atoms with Gasteiger partial charge in [0.05, 0.1) is 43.7 Å². The normalized spacial score (nSPS) is 17.8. The minimum absolute atomic E-state index is 0.00528. The van der Waals surface area contributed by atoms with Crippen LogP contribution in [0.5, 0.6) is 0 Å². The fraction of sp³-hybridized carbons (Fsp3) is 0.341. The molecule has 0 saturated carbocycles. The standard InChI is InChI=1S/C24H23N5O10.C23H21N5O10.C21H18N4O9.C20H16N4O9/c1-13-10-20(33)28(24(13)36)39-21(34)5-4-19(32)27-8-6-14-11-15(12-16(22(14)27)29(37)38)23(35)25-7-9-26-17(30)2-3-18(26)31;29-16-1-2-17(30)25(16)10-8-24-23(35)14-11-13-7-9-26(22(13)15(12-14)28(36)37)18(31)5-6-21(34)38-27-19(32)3-4-20(27)33;1-11-8-18(29)24(20(11)30)34-21(31)13-9-12-4-6-23(19(12)14(10-13)25(32)33)17(28)5-7-22-15(26)2-3-16(22)27;25-14-1-2-15(26)21(14)8-6-16(27)22-7-5-11-9-12(10-13(19(11)22)24(31)32)20(30)33-23-17(28)3-4-18(23)29/h2-3,11-13H,4-10H2,1H3,(H,25,35);1-2,11-12H,3-10H2,(H,24,35);2-3,9-11H,4-8H2,1H3;1-2,9-10H,3-8H2. The zero-order chi connectivity index (χ0) is 105. The Bertz CT molecular complexity index is 6480. The molecule has 2 unspecified atom stereocenters. The highest BCUT2D eigenvalue weighted by atomic mass is 16.7. The monoisotopic (exact) mass is 1990 g/mol. The topological polar surface area (TPSA) is 716 Å². The molecule has 4 fully saturated rings. The lowest BCUT2D eigenvalue weighted by molar-refractivity contribution is -0.384. The van der Waals surface area contributed by atoms with Gasteiger partial charge in [0.15, 0.2) is 0 Å². The lowest BCUT2D eigenvalue weighted by atomic mass is 10.1. The third kappa shape index (κ3) is 22.3. The highest BCUT2D eigenvalue weighted by molar-refractivity contribution is 6.17. The van der Waals surface area contributed by atoms with Gasteiger partial charge >= 0.3 is 23.9 Å². The van der Waals surface area contributed by atoms with Gasteiger partial charge in [0.25, 0.3) is 129 Å². The summed E-state index contributed by atoms with van der Waals surface area (Å²) in [4.78, 5) is 384. The Hall–Kier alpha value is -18.7. The first kappa shape index (κ1) is 103. The molecule has 16 rings (SSSR count). The molecular weight excluding hydrogens is 1920 g/mol. The third-order valence-corrected chi connectivity index (χ3v) is 23.6. The number of hydrogen-bond acceptors (Lipinski definition) is 38. The maximum atomic E-state index is 12.8. The van der Waals surface area contributed by atoms with Crippen molar-refractivity contribution in [3.05, 3.63) is 182 Å². The van der Waals surface area contributed by atoms with E-state index >= 15 is 0 Å². The highest BCUT2D eigenvalue weighted by Crippen LogP contribution is 2.44. The van der Waals surface area contributed by atoms with E-state index in [9.17, 15) is 165 Å². The van der Waals surface area contributed by atoms with E-state index in [4.69, 9.17) is 19.4 Å². The SMILES string of the molecule is CC1CC(=O)N(OC(=O)CCC(=O)N2CCc3cc(C(=O)NCCN4C(=O)C=CC4=O)cc([N+](=O)[O-])c32)C1=O.CC1CC(=O)N(OC(=O)c2cc3c(c([N+](=O)[O-])c2)N(C(=O)CCN2C(=O)C=CC2=O)CC3)C1=O.O=C(CCC(=O)N1CCc2cc(C(=O)NCCN3C(=O)C=CC3=O)cc([N+](=O)[O-])c21)ON1C(=O)CCC1=O.O=C(ON1C(=O)CCC1=O)c1cc2c(c([N+](=O)[O-])c1)N(C(=O)CCN1C(=O)C=CC1=O)CC2. The van der Waals surface area contributed by atoms with Gasteiger partial charge in [-0.05, 0) is 72.2 Å². The Labute approximate surface area is 805 Å². The molecule has 0 aliphatic carbocycles. The summed E-state index contributed by atoms with van der Waals surface area (Å²) >= 11 is 0. The molecule has 2 N–H and O–H groups in total. The smallest absolute Gasteiger partial charge is 0.350 e. The summed E-state index contributed by atoms with van der Waals surface area (Å²) in [7, 11) is 0. The molecule has 0 spiro atoms. The van der Waals surface area contributed by atoms with Gasteiger partial charge < -0.3 is 49.6 Å². The average molecular weight is 2000 g/mol. The Morgan fingerprint density at radius 1 is 0.306 bits per heavy atom. The van der Waals surface area contributed by atoms with E-state index in [0.29, 0.717) is 42.5 Å². The van der Waals surface area contributed by atoms with Crippen LogP contribution in [0, 0.1) is 52.3 Å². The van der Waals surface area contributed by atoms with Crippen molar-refractivity contribution >= 4 is 199 Å². The molecule has 56 nitrogen and oxygen atoms in total. The number of carbonyl (C=O) groups excluding carboxylic acids is 26. The van der Waals surface area contributed by atoms with Gasteiger partial charge in [-0.25, -0.2) is 19.2 Å². The maximum Gasteiger partial charge on any atom is 0.364 e. The van der Waals surface area contributed by atoms with Gasteiger partial charge in [0.2, 0.25) is 23.6 Å². The number of benzene rings is 4. The van der Waals surface area contributed by atoms with E-state index in [1.165, 1.54) is 47.9 Å². The largest absolute Gasteiger partial charge is 0.364 e. The second-order valence-electron chi connectivity index (χ2n) is 33.0. The molecule has 0 bridgehead atoms. The summed E-state index contributed by atoms with van der Waals surface area (Å²) in [5, 5.41) is 53.5. The van der Waals surface area contributed by atoms with Crippen LogP contribution in [0.2, 0.25) is 0 Å². The van der Waals surface area contributed by atoms with Crippen LogP contribution < -0.4 is 30.2 Å². The molecule has 4 aromatic carbocycles. The van der Waals surface area contributed by atoms with Crippen molar-refractivity contribution in [3.8, 4) is 0 Å². The number of hydroxylamine groups is 8. The zero-order valence-corrected chi connectivity index (χ0v) is 75.4. The fourth-order valence-electron chi connectivity index (χ4n) is 16.5. The van der Waals surface area contributed by atoms with Crippen LogP contribution in [0.3, 0.4) is 0 Å². The van der Waals surface area contributed by atoms with Crippen LogP contribution in [0.1, 0.15) is 155 Å². The molecule has 748 valence electrons. The van der Waals surface area contributed by atoms with Crippen molar-refractivity contribution in [2.75, 3.05) is 85.0 Å². The number of imide groups is 8. The lowest BCUT2D eigenvalue weighted by Gasteiger charge is -2.20. The molecule has 4 saturated heterocycles. The van der Waals surface area contributed by atoms with Crippen LogP contribution in [-0.2, 0) is 151 Å². The third-order valence-electron chi connectivity index (χ3n) is 23.6. The second-order valence-corrected chi connectivity index (χ2v) is 33.0. The molecule has 2 atom stereocenters. The summed E-state index contributed by atoms with van der Waals surface area (Å²) in [5.74, 6) is -18.7. The first-order valence-electron chi connectivity index (χ1n) is 43.8. The number of carbonyl (C=O) groups is 26. The molecule has 12 heterocycles. The van der Waals surface area contributed by atoms with E-state index in [1.807, 2.05) is 0 Å². The summed E-state index contributed by atoms with van der Waals surface area (Å²) in [6.07, 6.45) is 6.88. The lowest BCUT2D eigenvalue weighted by Crippen LogP contribution is -2.38. The van der Waals surface area contributed by atoms with E-state index in [0.717, 1.165) is 102 Å². The Kier molecular flexibility index (Phi) is 30.7. The van der Waals surface area contributed by atoms with Crippen LogP contribution in [0.15, 0.2) is 97.1 Å². The van der Waals surface area contributed by atoms with Gasteiger partial charge in [-0.3, -0.25) is 166 Å².